The Morgan fingerprint density at radius 1 is 0.224 bits per heavy atom. The van der Waals surface area contributed by atoms with Crippen LogP contribution >= 0.6 is 0 Å². The van der Waals surface area contributed by atoms with Crippen LogP contribution in [0.2, 0.25) is 0 Å². The van der Waals surface area contributed by atoms with E-state index < -0.39 is 0 Å². The van der Waals surface area contributed by atoms with Crippen molar-refractivity contribution in [1.29, 1.82) is 0 Å². The maximum atomic E-state index is 5.03. The summed E-state index contributed by atoms with van der Waals surface area (Å²) < 4.78 is 0. The zero-order valence-corrected chi connectivity index (χ0v) is 31.6. The second-order valence-corrected chi connectivity index (χ2v) is 14.3. The maximum absolute atomic E-state index is 5.03. The number of benzene rings is 8. The molecule has 4 heteroatoms. The molecule has 0 N–H and O–H groups in total. The van der Waals surface area contributed by atoms with Crippen LogP contribution in [-0.4, -0.2) is 19.9 Å². The Labute approximate surface area is 337 Å². The average molecular weight is 741 g/mol. The first-order valence-electron chi connectivity index (χ1n) is 19.5. The summed E-state index contributed by atoms with van der Waals surface area (Å²) in [5.74, 6) is 1.42. The summed E-state index contributed by atoms with van der Waals surface area (Å²) in [6, 6.07) is 75.8. The average Bonchev–Trinajstić information content (AvgIpc) is 3.32. The van der Waals surface area contributed by atoms with Crippen LogP contribution in [0, 0.1) is 0 Å². The highest BCUT2D eigenvalue weighted by Gasteiger charge is 2.14. The van der Waals surface area contributed by atoms with Gasteiger partial charge >= 0.3 is 0 Å². The molecule has 0 saturated heterocycles. The van der Waals surface area contributed by atoms with Gasteiger partial charge in [0.15, 0.2) is 11.6 Å². The normalized spacial score (nSPS) is 11.1. The summed E-state index contributed by atoms with van der Waals surface area (Å²) in [5.41, 5.74) is 14.4. The zero-order chi connectivity index (χ0) is 38.7. The van der Waals surface area contributed by atoms with Crippen molar-refractivity contribution >= 4 is 10.8 Å². The van der Waals surface area contributed by atoms with Crippen molar-refractivity contribution in [3.8, 4) is 90.1 Å². The van der Waals surface area contributed by atoms with E-state index in [-0.39, 0.29) is 0 Å². The second-order valence-electron chi connectivity index (χ2n) is 14.3. The third-order valence-electron chi connectivity index (χ3n) is 10.5. The molecule has 0 aliphatic rings. The third-order valence-corrected chi connectivity index (χ3v) is 10.5. The minimum Gasteiger partial charge on any atom is -0.228 e. The zero-order valence-electron chi connectivity index (χ0n) is 31.6. The second kappa shape index (κ2) is 15.4. The molecule has 0 aliphatic heterocycles. The predicted octanol–water partition coefficient (Wildman–Crippen LogP) is 13.8. The number of aromatic nitrogens is 4. The molecule has 2 aromatic heterocycles. The van der Waals surface area contributed by atoms with Crippen LogP contribution in [0.4, 0.5) is 0 Å². The summed E-state index contributed by atoms with van der Waals surface area (Å²) in [6.07, 6.45) is 0. The molecule has 0 spiro atoms. The van der Waals surface area contributed by atoms with E-state index in [1.54, 1.807) is 0 Å². The molecule has 10 rings (SSSR count). The minimum atomic E-state index is 0.712. The minimum absolute atomic E-state index is 0.712. The fourth-order valence-electron chi connectivity index (χ4n) is 7.51. The van der Waals surface area contributed by atoms with E-state index in [1.165, 1.54) is 16.3 Å². The quantitative estimate of drug-likeness (QED) is 0.156. The number of nitrogens with zero attached hydrogens (tertiary/aromatic N) is 4. The lowest BCUT2D eigenvalue weighted by Crippen LogP contribution is -1.95. The van der Waals surface area contributed by atoms with Gasteiger partial charge in [0.05, 0.1) is 22.8 Å². The van der Waals surface area contributed by atoms with Crippen molar-refractivity contribution in [3.63, 3.8) is 0 Å². The van der Waals surface area contributed by atoms with Crippen LogP contribution in [0.15, 0.2) is 218 Å². The van der Waals surface area contributed by atoms with Crippen molar-refractivity contribution < 1.29 is 0 Å². The van der Waals surface area contributed by atoms with Gasteiger partial charge in [-0.15, -0.1) is 0 Å². The molecule has 272 valence electrons. The van der Waals surface area contributed by atoms with Gasteiger partial charge in [-0.1, -0.05) is 200 Å². The Bertz CT molecular complexity index is 2890. The molecule has 4 nitrogen and oxygen atoms in total. The summed E-state index contributed by atoms with van der Waals surface area (Å²) >= 11 is 0. The van der Waals surface area contributed by atoms with Crippen molar-refractivity contribution in [3.05, 3.63) is 218 Å². The lowest BCUT2D eigenvalue weighted by molar-refractivity contribution is 1.18. The predicted molar refractivity (Wildman–Crippen MR) is 239 cm³/mol. The molecule has 0 aliphatic carbocycles. The molecule has 58 heavy (non-hydrogen) atoms. The van der Waals surface area contributed by atoms with E-state index in [2.05, 4.69) is 146 Å². The molecular weight excluding hydrogens is 705 g/mol. The molecule has 0 atom stereocenters. The van der Waals surface area contributed by atoms with Crippen LogP contribution in [0.5, 0.6) is 0 Å². The van der Waals surface area contributed by atoms with Gasteiger partial charge in [0, 0.05) is 33.4 Å². The highest BCUT2D eigenvalue weighted by Crippen LogP contribution is 2.35. The number of hydrogen-bond donors (Lipinski definition) is 0. The Balaban J connectivity index is 0.947. The van der Waals surface area contributed by atoms with Gasteiger partial charge in [0.25, 0.3) is 0 Å². The molecule has 0 fully saturated rings. The first-order chi connectivity index (χ1) is 28.7. The molecule has 0 bridgehead atoms. The summed E-state index contributed by atoms with van der Waals surface area (Å²) in [7, 11) is 0. The van der Waals surface area contributed by atoms with Gasteiger partial charge in [0.2, 0.25) is 0 Å². The standard InChI is InChI=1S/C54H36N4/c1-5-14-39(15-6-1)49-35-51(57-53(55-49)43-18-9-3-10-19-43)41-28-24-37(25-29-41)45-32-33-48-46(34-45)22-13-23-47(48)38-26-30-42(31-27-38)52-36-50(40-16-7-2-8-17-40)56-54(58-52)44-20-11-4-12-21-44/h1-36H. The van der Waals surface area contributed by atoms with E-state index in [9.17, 15) is 0 Å². The lowest BCUT2D eigenvalue weighted by atomic mass is 9.94. The SMILES string of the molecule is c1ccc(-c2cc(-c3ccc(-c4ccc5c(-c6ccc(-c7cc(-c8ccccc8)nc(-c8ccccc8)n7)cc6)cccc5c4)cc3)nc(-c3ccccc3)n2)cc1. The van der Waals surface area contributed by atoms with Gasteiger partial charge in [-0.05, 0) is 51.2 Å². The monoisotopic (exact) mass is 740 g/mol. The number of fused-ring (bicyclic) bond motifs is 1. The van der Waals surface area contributed by atoms with Gasteiger partial charge < -0.3 is 0 Å². The molecule has 8 aromatic carbocycles. The molecule has 2 heterocycles. The Morgan fingerprint density at radius 2 is 0.586 bits per heavy atom. The Kier molecular flexibility index (Phi) is 9.18. The fourth-order valence-corrected chi connectivity index (χ4v) is 7.51. The third kappa shape index (κ3) is 7.07. The van der Waals surface area contributed by atoms with Gasteiger partial charge in [-0.2, -0.15) is 0 Å². The van der Waals surface area contributed by atoms with Crippen molar-refractivity contribution in [1.82, 2.24) is 19.9 Å². The van der Waals surface area contributed by atoms with E-state index in [1.807, 2.05) is 72.8 Å². The van der Waals surface area contributed by atoms with Crippen LogP contribution in [0.1, 0.15) is 0 Å². The molecule has 0 saturated carbocycles. The fraction of sp³-hybridized carbons (Fsp3) is 0. The van der Waals surface area contributed by atoms with Crippen molar-refractivity contribution in [2.45, 2.75) is 0 Å². The van der Waals surface area contributed by atoms with Gasteiger partial charge in [0.1, 0.15) is 0 Å². The molecular formula is C54H36N4. The van der Waals surface area contributed by atoms with E-state index in [0.717, 1.165) is 72.8 Å². The molecule has 0 radical (unpaired) electrons. The van der Waals surface area contributed by atoms with E-state index in [0.29, 0.717) is 11.6 Å². The highest BCUT2D eigenvalue weighted by atomic mass is 14.9. The topological polar surface area (TPSA) is 51.6 Å². The smallest absolute Gasteiger partial charge is 0.160 e. The molecule has 10 aromatic rings. The Hall–Kier alpha value is -7.82. The summed E-state index contributed by atoms with van der Waals surface area (Å²) in [5, 5.41) is 2.40. The van der Waals surface area contributed by atoms with Gasteiger partial charge in [-0.3, -0.25) is 0 Å². The Morgan fingerprint density at radius 3 is 1.03 bits per heavy atom. The van der Waals surface area contributed by atoms with Crippen LogP contribution in [0.25, 0.3) is 101 Å². The van der Waals surface area contributed by atoms with Crippen molar-refractivity contribution in [2.75, 3.05) is 0 Å². The molecule has 0 amide bonds. The molecule has 0 unspecified atom stereocenters. The highest BCUT2D eigenvalue weighted by molar-refractivity contribution is 5.99. The van der Waals surface area contributed by atoms with Crippen LogP contribution in [0.3, 0.4) is 0 Å². The lowest BCUT2D eigenvalue weighted by Gasteiger charge is -2.12. The van der Waals surface area contributed by atoms with Crippen LogP contribution < -0.4 is 0 Å². The first kappa shape index (κ1) is 34.7. The summed E-state index contributed by atoms with van der Waals surface area (Å²) in [6.45, 7) is 0. The summed E-state index contributed by atoms with van der Waals surface area (Å²) in [4.78, 5) is 20.0. The van der Waals surface area contributed by atoms with Gasteiger partial charge in [-0.25, -0.2) is 19.9 Å². The maximum Gasteiger partial charge on any atom is 0.160 e. The van der Waals surface area contributed by atoms with Crippen molar-refractivity contribution in [2.24, 2.45) is 0 Å². The van der Waals surface area contributed by atoms with Crippen LogP contribution in [-0.2, 0) is 0 Å². The van der Waals surface area contributed by atoms with E-state index >= 15 is 0 Å². The number of hydrogen-bond acceptors (Lipinski definition) is 4. The largest absolute Gasteiger partial charge is 0.228 e. The first-order valence-corrected chi connectivity index (χ1v) is 19.5. The number of rotatable bonds is 8. The van der Waals surface area contributed by atoms with E-state index in [4.69, 9.17) is 19.9 Å².